The van der Waals surface area contributed by atoms with Gasteiger partial charge in [-0.3, -0.25) is 4.57 Å². The van der Waals surface area contributed by atoms with Crippen molar-refractivity contribution in [3.05, 3.63) is 0 Å². The van der Waals surface area contributed by atoms with Crippen molar-refractivity contribution >= 4 is 7.60 Å². The monoisotopic (exact) mass is 196 g/mol. The average Bonchev–Trinajstić information content (AvgIpc) is 2.00. The van der Waals surface area contributed by atoms with Gasteiger partial charge in [0.15, 0.2) is 0 Å². The van der Waals surface area contributed by atoms with Crippen LogP contribution in [0.3, 0.4) is 0 Å². The lowest BCUT2D eigenvalue weighted by Gasteiger charge is -2.17. The zero-order valence-electron chi connectivity index (χ0n) is 7.82. The number of hydrogen-bond acceptors (Lipinski definition) is 4. The molecule has 1 unspecified atom stereocenters. The molecule has 0 aromatic carbocycles. The van der Waals surface area contributed by atoms with Gasteiger partial charge in [0, 0.05) is 0 Å². The van der Waals surface area contributed by atoms with E-state index in [9.17, 15) is 4.57 Å². The van der Waals surface area contributed by atoms with E-state index in [1.54, 1.807) is 13.8 Å². The summed E-state index contributed by atoms with van der Waals surface area (Å²) in [4.78, 5) is 0. The van der Waals surface area contributed by atoms with Gasteiger partial charge >= 0.3 is 7.60 Å². The van der Waals surface area contributed by atoms with Crippen LogP contribution in [0, 0.1) is 0 Å². The molecule has 0 aliphatic rings. The maximum Gasteiger partial charge on any atom is 0.356 e. The Kier molecular flexibility index (Phi) is 5.76. The lowest BCUT2D eigenvalue weighted by molar-refractivity contribution is 0.149. The molecule has 0 aliphatic carbocycles. The van der Waals surface area contributed by atoms with Gasteiger partial charge in [0.25, 0.3) is 0 Å². The Morgan fingerprint density at radius 3 is 2.42 bits per heavy atom. The highest BCUT2D eigenvalue weighted by molar-refractivity contribution is 7.53. The molecule has 0 spiro atoms. The molecule has 74 valence electrons. The standard InChI is InChI=1S/C7H17O4P/c1-4-5-10-12(9,6-8)11-7(2)3/h7-8H,4-6H2,1-3H3. The minimum Gasteiger partial charge on any atom is -0.384 e. The average molecular weight is 196 g/mol. The lowest BCUT2D eigenvalue weighted by Crippen LogP contribution is -2.06. The van der Waals surface area contributed by atoms with Crippen LogP contribution in [-0.4, -0.2) is 24.2 Å². The van der Waals surface area contributed by atoms with Crippen molar-refractivity contribution in [2.45, 2.75) is 33.3 Å². The first-order valence-corrected chi connectivity index (χ1v) is 5.79. The fourth-order valence-electron chi connectivity index (χ4n) is 0.656. The summed E-state index contributed by atoms with van der Waals surface area (Å²) >= 11 is 0. The molecule has 0 aliphatic heterocycles. The van der Waals surface area contributed by atoms with Gasteiger partial charge in [-0.2, -0.15) is 0 Å². The molecular formula is C7H17O4P. The predicted octanol–water partition coefficient (Wildman–Crippen LogP) is 1.98. The molecule has 0 aromatic heterocycles. The van der Waals surface area contributed by atoms with E-state index in [1.165, 1.54) is 0 Å². The zero-order chi connectivity index (χ0) is 9.61. The first kappa shape index (κ1) is 12.1. The van der Waals surface area contributed by atoms with Gasteiger partial charge < -0.3 is 14.2 Å². The van der Waals surface area contributed by atoms with E-state index in [-0.39, 0.29) is 6.10 Å². The molecule has 1 N–H and O–H groups in total. The van der Waals surface area contributed by atoms with Gasteiger partial charge in [-0.05, 0) is 20.3 Å². The largest absolute Gasteiger partial charge is 0.384 e. The SMILES string of the molecule is CCCOP(=O)(CO)OC(C)C. The Morgan fingerprint density at radius 1 is 1.50 bits per heavy atom. The summed E-state index contributed by atoms with van der Waals surface area (Å²) in [7, 11) is -3.22. The van der Waals surface area contributed by atoms with E-state index in [2.05, 4.69) is 0 Å². The molecule has 4 nitrogen and oxygen atoms in total. The fraction of sp³-hybridized carbons (Fsp3) is 1.00. The van der Waals surface area contributed by atoms with Gasteiger partial charge in [0.1, 0.15) is 6.35 Å². The third-order valence-corrected chi connectivity index (χ3v) is 2.70. The lowest BCUT2D eigenvalue weighted by atomic mass is 10.5. The third kappa shape index (κ3) is 4.88. The first-order chi connectivity index (χ1) is 5.54. The van der Waals surface area contributed by atoms with Crippen LogP contribution >= 0.6 is 7.60 Å². The van der Waals surface area contributed by atoms with Crippen LogP contribution in [0.4, 0.5) is 0 Å². The van der Waals surface area contributed by atoms with Crippen LogP contribution in [0.5, 0.6) is 0 Å². The molecule has 0 saturated heterocycles. The third-order valence-electron chi connectivity index (χ3n) is 1.04. The summed E-state index contributed by atoms with van der Waals surface area (Å²) in [5.74, 6) is 0. The fourth-order valence-corrected chi connectivity index (χ4v) is 1.97. The van der Waals surface area contributed by atoms with Gasteiger partial charge in [0.05, 0.1) is 12.7 Å². The highest BCUT2D eigenvalue weighted by Crippen LogP contribution is 2.48. The summed E-state index contributed by atoms with van der Waals surface area (Å²) in [5.41, 5.74) is 0. The first-order valence-electron chi connectivity index (χ1n) is 4.07. The Bertz CT molecular complexity index is 157. The van der Waals surface area contributed by atoms with Crippen LogP contribution in [0.1, 0.15) is 27.2 Å². The molecule has 0 amide bonds. The second-order valence-electron chi connectivity index (χ2n) is 2.74. The van der Waals surface area contributed by atoms with Crippen LogP contribution in [0.25, 0.3) is 0 Å². The van der Waals surface area contributed by atoms with Gasteiger partial charge in [-0.15, -0.1) is 0 Å². The number of hydrogen-bond donors (Lipinski definition) is 1. The van der Waals surface area contributed by atoms with Gasteiger partial charge in [-0.1, -0.05) is 6.92 Å². The van der Waals surface area contributed by atoms with Gasteiger partial charge in [0.2, 0.25) is 0 Å². The number of aliphatic hydroxyl groups is 1. The Balaban J connectivity index is 3.96. The van der Waals surface area contributed by atoms with Gasteiger partial charge in [-0.25, -0.2) is 0 Å². The Morgan fingerprint density at radius 2 is 2.08 bits per heavy atom. The van der Waals surface area contributed by atoms with Crippen molar-refractivity contribution in [1.29, 1.82) is 0 Å². The van der Waals surface area contributed by atoms with Crippen LogP contribution in [-0.2, 0) is 13.6 Å². The summed E-state index contributed by atoms with van der Waals surface area (Å²) in [5, 5.41) is 8.75. The Hall–Kier alpha value is 0.110. The van der Waals surface area contributed by atoms with Crippen LogP contribution in [0.15, 0.2) is 0 Å². The topological polar surface area (TPSA) is 55.8 Å². The molecule has 12 heavy (non-hydrogen) atoms. The minimum absolute atomic E-state index is 0.195. The summed E-state index contributed by atoms with van der Waals surface area (Å²) in [6, 6.07) is 0. The van der Waals surface area contributed by atoms with Crippen molar-refractivity contribution in [1.82, 2.24) is 0 Å². The number of rotatable bonds is 6. The van der Waals surface area contributed by atoms with Crippen molar-refractivity contribution in [3.63, 3.8) is 0 Å². The minimum atomic E-state index is -3.22. The molecule has 0 rings (SSSR count). The summed E-state index contributed by atoms with van der Waals surface area (Å²) < 4.78 is 21.4. The van der Waals surface area contributed by atoms with E-state index in [0.717, 1.165) is 6.42 Å². The summed E-state index contributed by atoms with van der Waals surface area (Å²) in [6.07, 6.45) is 0.0104. The van der Waals surface area contributed by atoms with Crippen LogP contribution < -0.4 is 0 Å². The van der Waals surface area contributed by atoms with E-state index in [1.807, 2.05) is 6.92 Å². The highest BCUT2D eigenvalue weighted by Gasteiger charge is 2.24. The quantitative estimate of drug-likeness (QED) is 0.660. The molecule has 0 bridgehead atoms. The normalized spacial score (nSPS) is 16.4. The highest BCUT2D eigenvalue weighted by atomic mass is 31.2. The predicted molar refractivity (Wildman–Crippen MR) is 47.2 cm³/mol. The number of aliphatic hydroxyl groups excluding tert-OH is 1. The molecule has 5 heteroatoms. The smallest absolute Gasteiger partial charge is 0.356 e. The molecular weight excluding hydrogens is 179 g/mol. The maximum atomic E-state index is 11.5. The van der Waals surface area contributed by atoms with Crippen molar-refractivity contribution in [2.75, 3.05) is 13.0 Å². The molecule has 0 heterocycles. The van der Waals surface area contributed by atoms with Crippen LogP contribution in [0.2, 0.25) is 0 Å². The zero-order valence-corrected chi connectivity index (χ0v) is 8.71. The maximum absolute atomic E-state index is 11.5. The molecule has 0 fully saturated rings. The van der Waals surface area contributed by atoms with Crippen molar-refractivity contribution < 1.29 is 18.7 Å². The molecule has 0 saturated carbocycles. The van der Waals surface area contributed by atoms with E-state index in [4.69, 9.17) is 14.2 Å². The second kappa shape index (κ2) is 5.70. The van der Waals surface area contributed by atoms with E-state index >= 15 is 0 Å². The molecule has 0 radical (unpaired) electrons. The summed E-state index contributed by atoms with van der Waals surface area (Å²) in [6.45, 7) is 5.75. The molecule has 1 atom stereocenters. The Labute approximate surface area is 73.4 Å². The van der Waals surface area contributed by atoms with E-state index < -0.39 is 13.9 Å². The van der Waals surface area contributed by atoms with E-state index in [0.29, 0.717) is 6.61 Å². The van der Waals surface area contributed by atoms with Crippen molar-refractivity contribution in [3.8, 4) is 0 Å². The molecule has 0 aromatic rings. The second-order valence-corrected chi connectivity index (χ2v) is 4.71. The van der Waals surface area contributed by atoms with Crippen molar-refractivity contribution in [2.24, 2.45) is 0 Å².